The monoisotopic (exact) mass is 293 g/mol. The van der Waals surface area contributed by atoms with Crippen molar-refractivity contribution in [3.8, 4) is 0 Å². The second kappa shape index (κ2) is 6.07. The molecule has 0 bridgehead atoms. The van der Waals surface area contributed by atoms with Crippen molar-refractivity contribution in [2.45, 2.75) is 13.5 Å². The van der Waals surface area contributed by atoms with Gasteiger partial charge in [-0.25, -0.2) is 0 Å². The topological polar surface area (TPSA) is 58.4 Å². The summed E-state index contributed by atoms with van der Waals surface area (Å²) in [5.41, 5.74) is 2.42. The van der Waals surface area contributed by atoms with E-state index in [9.17, 15) is 4.79 Å². The van der Waals surface area contributed by atoms with Crippen LogP contribution in [0.15, 0.2) is 34.9 Å². The lowest BCUT2D eigenvalue weighted by Crippen LogP contribution is -2.34. The average Bonchev–Trinajstić information content (AvgIpc) is 2.74. The minimum atomic E-state index is -0.118. The third-order valence-electron chi connectivity index (χ3n) is 3.20. The number of fused-ring (bicyclic) bond motifs is 1. The molecule has 3 rings (SSSR count). The van der Waals surface area contributed by atoms with E-state index in [4.69, 9.17) is 4.52 Å². The molecule has 1 aromatic carbocycles. The van der Waals surface area contributed by atoms with Crippen LogP contribution in [0.4, 0.5) is 5.69 Å². The first-order valence-electron chi connectivity index (χ1n) is 6.29. The highest BCUT2D eigenvalue weighted by Crippen LogP contribution is 2.23. The van der Waals surface area contributed by atoms with E-state index in [1.165, 1.54) is 0 Å². The lowest BCUT2D eigenvalue weighted by Gasteiger charge is -2.21. The Hall–Kier alpha value is -1.85. The first-order valence-corrected chi connectivity index (χ1v) is 6.29. The average molecular weight is 294 g/mol. The van der Waals surface area contributed by atoms with Crippen LogP contribution in [0.3, 0.4) is 0 Å². The number of halogens is 1. The summed E-state index contributed by atoms with van der Waals surface area (Å²) in [7, 11) is 0. The Kier molecular flexibility index (Phi) is 4.42. The standard InChI is InChI=1S/C14H15N3O2.ClH/c1-10-8-12(16-19-10)14(18)17-7-6-15-9-11-4-2-3-5-13(11)17;/h2-5,8,15H,6-7,9H2,1H3;1H. The number of aryl methyl sites for hydroxylation is 1. The molecule has 5 nitrogen and oxygen atoms in total. The van der Waals surface area contributed by atoms with Crippen molar-refractivity contribution in [3.63, 3.8) is 0 Å². The van der Waals surface area contributed by atoms with Crippen LogP contribution in [0.25, 0.3) is 0 Å². The van der Waals surface area contributed by atoms with Gasteiger partial charge in [-0.3, -0.25) is 4.79 Å². The van der Waals surface area contributed by atoms with Crippen LogP contribution in [-0.2, 0) is 6.54 Å². The van der Waals surface area contributed by atoms with Gasteiger partial charge in [0.25, 0.3) is 5.91 Å². The SMILES string of the molecule is Cc1cc(C(=O)N2CCNCc3ccccc32)no1.Cl. The number of benzene rings is 1. The first kappa shape index (κ1) is 14.6. The number of rotatable bonds is 1. The van der Waals surface area contributed by atoms with E-state index >= 15 is 0 Å². The lowest BCUT2D eigenvalue weighted by atomic mass is 10.1. The Morgan fingerprint density at radius 2 is 2.20 bits per heavy atom. The van der Waals surface area contributed by atoms with Crippen LogP contribution in [-0.4, -0.2) is 24.2 Å². The summed E-state index contributed by atoms with van der Waals surface area (Å²) >= 11 is 0. The molecule has 0 spiro atoms. The molecule has 0 atom stereocenters. The molecule has 0 radical (unpaired) electrons. The van der Waals surface area contributed by atoms with E-state index in [0.29, 0.717) is 18.0 Å². The van der Waals surface area contributed by atoms with Gasteiger partial charge in [0.05, 0.1) is 0 Å². The molecule has 0 aliphatic carbocycles. The fraction of sp³-hybridized carbons (Fsp3) is 0.286. The van der Waals surface area contributed by atoms with E-state index in [1.807, 2.05) is 24.3 Å². The molecule has 2 heterocycles. The summed E-state index contributed by atoms with van der Waals surface area (Å²) in [6, 6.07) is 9.59. The quantitative estimate of drug-likeness (QED) is 0.875. The van der Waals surface area contributed by atoms with Gasteiger partial charge in [-0.2, -0.15) is 0 Å². The fourth-order valence-electron chi connectivity index (χ4n) is 2.27. The van der Waals surface area contributed by atoms with Gasteiger partial charge in [-0.15, -0.1) is 12.4 Å². The van der Waals surface area contributed by atoms with Crippen molar-refractivity contribution < 1.29 is 9.32 Å². The van der Waals surface area contributed by atoms with Crippen LogP contribution in [0, 0.1) is 6.92 Å². The molecule has 0 saturated carbocycles. The maximum absolute atomic E-state index is 12.5. The summed E-state index contributed by atoms with van der Waals surface area (Å²) in [6.07, 6.45) is 0. The second-order valence-corrected chi connectivity index (χ2v) is 4.59. The molecule has 6 heteroatoms. The zero-order chi connectivity index (χ0) is 13.2. The molecule has 1 amide bonds. The minimum absolute atomic E-state index is 0. The van der Waals surface area contributed by atoms with E-state index in [-0.39, 0.29) is 18.3 Å². The summed E-state index contributed by atoms with van der Waals surface area (Å²) in [4.78, 5) is 14.3. The molecule has 0 saturated heterocycles. The van der Waals surface area contributed by atoms with Crippen LogP contribution in [0.1, 0.15) is 21.8 Å². The fourth-order valence-corrected chi connectivity index (χ4v) is 2.27. The summed E-state index contributed by atoms with van der Waals surface area (Å²) in [6.45, 7) is 3.94. The highest BCUT2D eigenvalue weighted by atomic mass is 35.5. The zero-order valence-electron chi connectivity index (χ0n) is 11.1. The predicted molar refractivity (Wildman–Crippen MR) is 78.3 cm³/mol. The number of nitrogens with one attached hydrogen (secondary N) is 1. The molecular weight excluding hydrogens is 278 g/mol. The molecule has 1 N–H and O–H groups in total. The largest absolute Gasteiger partial charge is 0.361 e. The van der Waals surface area contributed by atoms with E-state index in [0.717, 1.165) is 24.3 Å². The molecule has 20 heavy (non-hydrogen) atoms. The smallest absolute Gasteiger partial charge is 0.280 e. The van der Waals surface area contributed by atoms with Crippen molar-refractivity contribution in [3.05, 3.63) is 47.3 Å². The normalized spacial score (nSPS) is 14.2. The maximum atomic E-state index is 12.5. The summed E-state index contributed by atoms with van der Waals surface area (Å²) < 4.78 is 4.98. The van der Waals surface area contributed by atoms with Crippen LogP contribution >= 0.6 is 12.4 Å². The minimum Gasteiger partial charge on any atom is -0.361 e. The number of hydrogen-bond donors (Lipinski definition) is 1. The number of hydrogen-bond acceptors (Lipinski definition) is 4. The van der Waals surface area contributed by atoms with Gasteiger partial charge in [0.15, 0.2) is 5.69 Å². The van der Waals surface area contributed by atoms with E-state index in [2.05, 4.69) is 10.5 Å². The van der Waals surface area contributed by atoms with Gasteiger partial charge in [0, 0.05) is 31.4 Å². The van der Waals surface area contributed by atoms with Crippen LogP contribution in [0.5, 0.6) is 0 Å². The van der Waals surface area contributed by atoms with E-state index < -0.39 is 0 Å². The molecule has 0 fully saturated rings. The Balaban J connectivity index is 0.00000147. The van der Waals surface area contributed by atoms with Crippen LogP contribution in [0.2, 0.25) is 0 Å². The van der Waals surface area contributed by atoms with Crippen molar-refractivity contribution in [1.82, 2.24) is 10.5 Å². The Bertz CT molecular complexity index is 612. The van der Waals surface area contributed by atoms with Crippen molar-refractivity contribution in [2.75, 3.05) is 18.0 Å². The third-order valence-corrected chi connectivity index (χ3v) is 3.20. The van der Waals surface area contributed by atoms with Gasteiger partial charge in [-0.05, 0) is 18.6 Å². The predicted octanol–water partition coefficient (Wildman–Crippen LogP) is 2.15. The van der Waals surface area contributed by atoms with E-state index in [1.54, 1.807) is 17.9 Å². The number of para-hydroxylation sites is 1. The Morgan fingerprint density at radius 3 is 2.95 bits per heavy atom. The number of amides is 1. The highest BCUT2D eigenvalue weighted by Gasteiger charge is 2.24. The maximum Gasteiger partial charge on any atom is 0.280 e. The van der Waals surface area contributed by atoms with Gasteiger partial charge in [0.2, 0.25) is 0 Å². The van der Waals surface area contributed by atoms with Crippen LogP contribution < -0.4 is 10.2 Å². The molecular formula is C14H16ClN3O2. The number of nitrogens with zero attached hydrogens (tertiary/aromatic N) is 2. The number of anilines is 1. The number of aromatic nitrogens is 1. The first-order chi connectivity index (χ1) is 9.25. The van der Waals surface area contributed by atoms with Gasteiger partial charge in [0.1, 0.15) is 5.76 Å². The summed E-state index contributed by atoms with van der Waals surface area (Å²) in [5.74, 6) is 0.526. The Labute approximate surface area is 123 Å². The lowest BCUT2D eigenvalue weighted by molar-refractivity contribution is 0.0979. The second-order valence-electron chi connectivity index (χ2n) is 4.59. The molecule has 1 aromatic heterocycles. The highest BCUT2D eigenvalue weighted by molar-refractivity contribution is 6.05. The molecule has 2 aromatic rings. The Morgan fingerprint density at radius 1 is 1.40 bits per heavy atom. The number of carbonyl (C=O) groups is 1. The zero-order valence-corrected chi connectivity index (χ0v) is 11.9. The van der Waals surface area contributed by atoms with Gasteiger partial charge < -0.3 is 14.7 Å². The molecule has 1 aliphatic rings. The third kappa shape index (κ3) is 2.69. The molecule has 0 unspecified atom stereocenters. The van der Waals surface area contributed by atoms with Crippen molar-refractivity contribution in [1.29, 1.82) is 0 Å². The van der Waals surface area contributed by atoms with Gasteiger partial charge in [-0.1, -0.05) is 23.4 Å². The molecule has 1 aliphatic heterocycles. The summed E-state index contributed by atoms with van der Waals surface area (Å²) in [5, 5.41) is 7.12. The molecule has 106 valence electrons. The number of carbonyl (C=O) groups excluding carboxylic acids is 1. The van der Waals surface area contributed by atoms with Gasteiger partial charge >= 0.3 is 0 Å². The van der Waals surface area contributed by atoms with Crippen molar-refractivity contribution in [2.24, 2.45) is 0 Å². The van der Waals surface area contributed by atoms with Crippen molar-refractivity contribution >= 4 is 24.0 Å².